The fourth-order valence-electron chi connectivity index (χ4n) is 1.96. The van der Waals surface area contributed by atoms with E-state index in [1.165, 1.54) is 12.1 Å². The molecule has 1 atom stereocenters. The summed E-state index contributed by atoms with van der Waals surface area (Å²) in [6, 6.07) is 4.31. The number of rotatable bonds is 3. The molecule has 7 heteroatoms. The molecule has 0 amide bonds. The molecule has 0 bridgehead atoms. The fourth-order valence-corrected chi connectivity index (χ4v) is 1.96. The first-order chi connectivity index (χ1) is 9.20. The standard InChI is InChI=1S/C13H17N4O3/c1-17(2,3)12-7-10(13(14)15)9-6-8(16(18)19)4-5-11(9)20-12/h4-7,12H,1-3H3,(H3,14,15)/q+1. The van der Waals surface area contributed by atoms with Crippen LogP contribution in [-0.4, -0.2) is 42.6 Å². The Morgan fingerprint density at radius 2 is 2.10 bits per heavy atom. The summed E-state index contributed by atoms with van der Waals surface area (Å²) in [6.07, 6.45) is 1.43. The Morgan fingerprint density at radius 1 is 1.45 bits per heavy atom. The Balaban J connectivity index is 2.57. The van der Waals surface area contributed by atoms with Gasteiger partial charge in [-0.3, -0.25) is 20.0 Å². The summed E-state index contributed by atoms with van der Waals surface area (Å²) in [6.45, 7) is 0. The number of nitrogens with zero attached hydrogens (tertiary/aromatic N) is 2. The summed E-state index contributed by atoms with van der Waals surface area (Å²) < 4.78 is 6.33. The number of likely N-dealkylation sites (N-methyl/N-ethyl adjacent to an activating group) is 1. The van der Waals surface area contributed by atoms with Crippen molar-refractivity contribution >= 4 is 17.1 Å². The second-order valence-corrected chi connectivity index (χ2v) is 5.56. The molecule has 1 heterocycles. The topological polar surface area (TPSA) is 102 Å². The van der Waals surface area contributed by atoms with Gasteiger partial charge in [-0.15, -0.1) is 0 Å². The Kier molecular flexibility index (Phi) is 3.23. The number of non-ortho nitro benzene ring substituents is 1. The van der Waals surface area contributed by atoms with Crippen LogP contribution in [0.25, 0.3) is 5.57 Å². The number of nitro groups is 1. The number of amidine groups is 1. The number of quaternary nitrogens is 1. The highest BCUT2D eigenvalue weighted by atomic mass is 16.6. The van der Waals surface area contributed by atoms with Gasteiger partial charge in [-0.25, -0.2) is 0 Å². The third-order valence-corrected chi connectivity index (χ3v) is 3.07. The maximum Gasteiger partial charge on any atom is 0.270 e. The molecule has 7 nitrogen and oxygen atoms in total. The molecule has 3 N–H and O–H groups in total. The van der Waals surface area contributed by atoms with Crippen LogP contribution in [0.3, 0.4) is 0 Å². The van der Waals surface area contributed by atoms with Crippen LogP contribution < -0.4 is 10.5 Å². The molecular weight excluding hydrogens is 260 g/mol. The number of hydrogen-bond donors (Lipinski definition) is 2. The van der Waals surface area contributed by atoms with Gasteiger partial charge >= 0.3 is 0 Å². The molecule has 0 fully saturated rings. The van der Waals surface area contributed by atoms with Gasteiger partial charge in [0.05, 0.1) is 26.1 Å². The number of nitrogens with two attached hydrogens (primary N) is 1. The quantitative estimate of drug-likeness (QED) is 0.286. The second-order valence-electron chi connectivity index (χ2n) is 5.56. The van der Waals surface area contributed by atoms with Crippen molar-refractivity contribution in [2.24, 2.45) is 5.73 Å². The van der Waals surface area contributed by atoms with E-state index in [0.717, 1.165) is 0 Å². The SMILES string of the molecule is C[N+](C)(C)C1C=C(C(=N)N)c2cc([N+](=O)[O-])ccc2O1. The highest BCUT2D eigenvalue weighted by molar-refractivity contribution is 6.21. The van der Waals surface area contributed by atoms with Gasteiger partial charge in [0, 0.05) is 29.3 Å². The zero-order valence-corrected chi connectivity index (χ0v) is 11.6. The lowest BCUT2D eigenvalue weighted by Crippen LogP contribution is -2.48. The van der Waals surface area contributed by atoms with Crippen LogP contribution in [0, 0.1) is 15.5 Å². The maximum absolute atomic E-state index is 10.8. The van der Waals surface area contributed by atoms with Crippen LogP contribution in [0.1, 0.15) is 5.56 Å². The summed E-state index contributed by atoms with van der Waals surface area (Å²) in [5, 5.41) is 18.5. The van der Waals surface area contributed by atoms with Crippen LogP contribution >= 0.6 is 0 Å². The smallest absolute Gasteiger partial charge is 0.270 e. The van der Waals surface area contributed by atoms with Crippen LogP contribution in [-0.2, 0) is 0 Å². The Bertz CT molecular complexity index is 617. The van der Waals surface area contributed by atoms with Gasteiger partial charge in [-0.05, 0) is 6.07 Å². The fraction of sp³-hybridized carbons (Fsp3) is 0.308. The number of ether oxygens (including phenoxy) is 1. The molecule has 0 aromatic heterocycles. The number of nitrogens with one attached hydrogen (secondary N) is 1. The predicted octanol–water partition coefficient (Wildman–Crippen LogP) is 1.34. The lowest BCUT2D eigenvalue weighted by Gasteiger charge is -2.35. The number of benzene rings is 1. The van der Waals surface area contributed by atoms with Crippen LogP contribution in [0.4, 0.5) is 5.69 Å². The van der Waals surface area contributed by atoms with Crippen LogP contribution in [0.2, 0.25) is 0 Å². The molecule has 2 rings (SSSR count). The minimum absolute atomic E-state index is 0.0526. The Hall–Kier alpha value is -2.41. The van der Waals surface area contributed by atoms with E-state index >= 15 is 0 Å². The third kappa shape index (κ3) is 2.48. The van der Waals surface area contributed by atoms with Crippen molar-refractivity contribution < 1.29 is 14.1 Å². The van der Waals surface area contributed by atoms with E-state index in [1.54, 1.807) is 12.1 Å². The Morgan fingerprint density at radius 3 is 2.60 bits per heavy atom. The molecular formula is C13H17N4O3+. The first kappa shape index (κ1) is 14.0. The summed E-state index contributed by atoms with van der Waals surface area (Å²) in [7, 11) is 5.86. The minimum atomic E-state index is -0.482. The monoisotopic (exact) mass is 277 g/mol. The minimum Gasteiger partial charge on any atom is -0.438 e. The van der Waals surface area contributed by atoms with E-state index in [0.29, 0.717) is 21.4 Å². The van der Waals surface area contributed by atoms with Gasteiger partial charge in [-0.2, -0.15) is 0 Å². The molecule has 106 valence electrons. The Labute approximate surface area is 116 Å². The summed E-state index contributed by atoms with van der Waals surface area (Å²) >= 11 is 0. The normalized spacial score (nSPS) is 17.8. The average Bonchev–Trinajstić information content (AvgIpc) is 2.35. The van der Waals surface area contributed by atoms with E-state index in [1.807, 2.05) is 21.1 Å². The molecule has 0 saturated heterocycles. The molecule has 1 aromatic rings. The van der Waals surface area contributed by atoms with Crippen molar-refractivity contribution in [3.05, 3.63) is 40.0 Å². The lowest BCUT2D eigenvalue weighted by molar-refractivity contribution is -0.907. The molecule has 0 aliphatic carbocycles. The molecule has 0 saturated carbocycles. The summed E-state index contributed by atoms with van der Waals surface area (Å²) in [5.41, 5.74) is 6.49. The van der Waals surface area contributed by atoms with Gasteiger partial charge in [0.25, 0.3) is 11.9 Å². The molecule has 0 radical (unpaired) electrons. The van der Waals surface area contributed by atoms with Gasteiger partial charge in [0.1, 0.15) is 11.6 Å². The van der Waals surface area contributed by atoms with Crippen molar-refractivity contribution in [3.8, 4) is 5.75 Å². The highest BCUT2D eigenvalue weighted by Gasteiger charge is 2.31. The number of nitro benzene ring substituents is 1. The van der Waals surface area contributed by atoms with Crippen molar-refractivity contribution in [2.75, 3.05) is 21.1 Å². The van der Waals surface area contributed by atoms with E-state index in [9.17, 15) is 10.1 Å². The first-order valence-corrected chi connectivity index (χ1v) is 6.03. The van der Waals surface area contributed by atoms with Gasteiger partial charge in [0.2, 0.25) is 0 Å². The van der Waals surface area contributed by atoms with E-state index in [2.05, 4.69) is 0 Å². The van der Waals surface area contributed by atoms with E-state index in [4.69, 9.17) is 15.9 Å². The zero-order valence-electron chi connectivity index (χ0n) is 11.6. The second kappa shape index (κ2) is 4.61. The van der Waals surface area contributed by atoms with Crippen molar-refractivity contribution in [1.29, 1.82) is 5.41 Å². The molecule has 1 unspecified atom stereocenters. The van der Waals surface area contributed by atoms with E-state index in [-0.39, 0.29) is 17.8 Å². The molecule has 1 aromatic carbocycles. The molecule has 20 heavy (non-hydrogen) atoms. The summed E-state index contributed by atoms with van der Waals surface area (Å²) in [4.78, 5) is 10.4. The van der Waals surface area contributed by atoms with E-state index < -0.39 is 4.92 Å². The van der Waals surface area contributed by atoms with Gasteiger partial charge < -0.3 is 10.5 Å². The van der Waals surface area contributed by atoms with Crippen molar-refractivity contribution in [2.45, 2.75) is 6.23 Å². The maximum atomic E-state index is 10.8. The highest BCUT2D eigenvalue weighted by Crippen LogP contribution is 2.35. The van der Waals surface area contributed by atoms with Crippen LogP contribution in [0.15, 0.2) is 24.3 Å². The van der Waals surface area contributed by atoms with Crippen molar-refractivity contribution in [3.63, 3.8) is 0 Å². The predicted molar refractivity (Wildman–Crippen MR) is 75.4 cm³/mol. The van der Waals surface area contributed by atoms with Crippen LogP contribution in [0.5, 0.6) is 5.75 Å². The largest absolute Gasteiger partial charge is 0.438 e. The third-order valence-electron chi connectivity index (χ3n) is 3.07. The average molecular weight is 277 g/mol. The number of hydrogen-bond acceptors (Lipinski definition) is 4. The molecule has 1 aliphatic heterocycles. The van der Waals surface area contributed by atoms with Gasteiger partial charge in [-0.1, -0.05) is 0 Å². The van der Waals surface area contributed by atoms with Crippen molar-refractivity contribution in [1.82, 2.24) is 0 Å². The van der Waals surface area contributed by atoms with Gasteiger partial charge in [0.15, 0.2) is 0 Å². The number of fused-ring (bicyclic) bond motifs is 1. The lowest BCUT2D eigenvalue weighted by atomic mass is 9.99. The molecule has 0 spiro atoms. The molecule has 1 aliphatic rings. The summed E-state index contributed by atoms with van der Waals surface area (Å²) in [5.74, 6) is 0.370. The zero-order chi connectivity index (χ0) is 15.1. The first-order valence-electron chi connectivity index (χ1n) is 6.03.